The lowest BCUT2D eigenvalue weighted by Gasteiger charge is -2.33. The zero-order valence-corrected chi connectivity index (χ0v) is 23.1. The van der Waals surface area contributed by atoms with Crippen LogP contribution in [-0.4, -0.2) is 88.4 Å². The smallest absolute Gasteiger partial charge is 0.191 e. The summed E-state index contributed by atoms with van der Waals surface area (Å²) in [4.78, 5) is 9.58. The molecule has 2 heterocycles. The molecule has 0 aromatic heterocycles. The summed E-state index contributed by atoms with van der Waals surface area (Å²) in [6, 6.07) is 11.5. The molecule has 1 aromatic rings. The van der Waals surface area contributed by atoms with E-state index in [-0.39, 0.29) is 24.0 Å². The minimum Gasteiger partial charge on any atom is -0.383 e. The Hall–Kier alpha value is -0.900. The molecule has 188 valence electrons. The highest BCUT2D eigenvalue weighted by atomic mass is 127. The number of likely N-dealkylation sites (tertiary alicyclic amines) is 2. The number of aliphatic imine (C=N–C) groups is 1. The molecule has 2 aliphatic rings. The average Bonchev–Trinajstić information content (AvgIpc) is 2.84. The SMILES string of the molecule is CN=C(NCCCCN1CCC(Cc2ccccc2)CC1)NC1CCN(CCOC)CC1.I. The van der Waals surface area contributed by atoms with Crippen molar-refractivity contribution in [2.45, 2.75) is 51.0 Å². The van der Waals surface area contributed by atoms with Crippen LogP contribution in [0.1, 0.15) is 44.1 Å². The van der Waals surface area contributed by atoms with E-state index < -0.39 is 0 Å². The first-order chi connectivity index (χ1) is 15.8. The van der Waals surface area contributed by atoms with E-state index in [4.69, 9.17) is 4.74 Å². The molecule has 0 spiro atoms. The monoisotopic (exact) mass is 571 g/mol. The van der Waals surface area contributed by atoms with Crippen molar-refractivity contribution in [3.05, 3.63) is 35.9 Å². The largest absolute Gasteiger partial charge is 0.383 e. The van der Waals surface area contributed by atoms with Crippen LogP contribution in [0.25, 0.3) is 0 Å². The van der Waals surface area contributed by atoms with Gasteiger partial charge in [0.1, 0.15) is 0 Å². The minimum atomic E-state index is 0. The highest BCUT2D eigenvalue weighted by molar-refractivity contribution is 14.0. The summed E-state index contributed by atoms with van der Waals surface area (Å²) in [6.45, 7) is 8.89. The van der Waals surface area contributed by atoms with Crippen LogP contribution in [0.2, 0.25) is 0 Å². The van der Waals surface area contributed by atoms with Crippen molar-refractivity contribution in [1.29, 1.82) is 0 Å². The second-order valence-corrected chi connectivity index (χ2v) is 9.43. The number of hydrogen-bond donors (Lipinski definition) is 2. The van der Waals surface area contributed by atoms with Gasteiger partial charge in [0.2, 0.25) is 0 Å². The quantitative estimate of drug-likeness (QED) is 0.184. The highest BCUT2D eigenvalue weighted by Crippen LogP contribution is 2.21. The summed E-state index contributed by atoms with van der Waals surface area (Å²) in [5, 5.41) is 7.14. The number of ether oxygens (including phenoxy) is 1. The standard InChI is InChI=1S/C26H45N5O.HI/c1-27-26(29-25-12-18-31(19-13-25)20-21-32-2)28-14-6-7-15-30-16-10-24(11-17-30)22-23-8-4-3-5-9-23;/h3-5,8-9,24-25H,6-7,10-22H2,1-2H3,(H2,27,28,29);1H. The number of piperidine rings is 2. The number of nitrogens with zero attached hydrogens (tertiary/aromatic N) is 3. The normalized spacial score (nSPS) is 19.3. The second-order valence-electron chi connectivity index (χ2n) is 9.43. The zero-order chi connectivity index (χ0) is 22.4. The van der Waals surface area contributed by atoms with E-state index in [0.29, 0.717) is 6.04 Å². The van der Waals surface area contributed by atoms with E-state index in [0.717, 1.165) is 44.7 Å². The van der Waals surface area contributed by atoms with Crippen LogP contribution in [-0.2, 0) is 11.2 Å². The van der Waals surface area contributed by atoms with E-state index in [1.165, 1.54) is 70.1 Å². The van der Waals surface area contributed by atoms with Gasteiger partial charge in [0, 0.05) is 46.4 Å². The van der Waals surface area contributed by atoms with Crippen molar-refractivity contribution in [1.82, 2.24) is 20.4 Å². The predicted octanol–water partition coefficient (Wildman–Crippen LogP) is 3.62. The molecule has 0 atom stereocenters. The van der Waals surface area contributed by atoms with Crippen LogP contribution in [0.4, 0.5) is 0 Å². The molecule has 2 saturated heterocycles. The van der Waals surface area contributed by atoms with E-state index in [1.807, 2.05) is 7.05 Å². The maximum atomic E-state index is 5.19. The summed E-state index contributed by atoms with van der Waals surface area (Å²) in [6.07, 6.45) is 8.72. The summed E-state index contributed by atoms with van der Waals surface area (Å²) in [7, 11) is 3.65. The van der Waals surface area contributed by atoms with Crippen LogP contribution in [0.3, 0.4) is 0 Å². The van der Waals surface area contributed by atoms with Gasteiger partial charge in [-0.3, -0.25) is 4.99 Å². The van der Waals surface area contributed by atoms with Crippen molar-refractivity contribution < 1.29 is 4.74 Å². The Morgan fingerprint density at radius 3 is 2.30 bits per heavy atom. The van der Waals surface area contributed by atoms with Gasteiger partial charge in [0.05, 0.1) is 6.61 Å². The Bertz CT molecular complexity index is 643. The van der Waals surface area contributed by atoms with Crippen molar-refractivity contribution in [3.63, 3.8) is 0 Å². The maximum Gasteiger partial charge on any atom is 0.191 e. The minimum absolute atomic E-state index is 0. The van der Waals surface area contributed by atoms with Crippen molar-refractivity contribution in [2.75, 3.05) is 66.6 Å². The van der Waals surface area contributed by atoms with Gasteiger partial charge in [0.15, 0.2) is 5.96 Å². The van der Waals surface area contributed by atoms with Crippen LogP contribution < -0.4 is 10.6 Å². The average molecular weight is 572 g/mol. The molecule has 2 N–H and O–H groups in total. The van der Waals surface area contributed by atoms with Gasteiger partial charge in [-0.05, 0) is 76.1 Å². The third-order valence-electron chi connectivity index (χ3n) is 7.03. The predicted molar refractivity (Wildman–Crippen MR) is 150 cm³/mol. The maximum absolute atomic E-state index is 5.19. The molecular weight excluding hydrogens is 525 g/mol. The third kappa shape index (κ3) is 10.9. The molecule has 2 aliphatic heterocycles. The number of halogens is 1. The fourth-order valence-corrected chi connectivity index (χ4v) is 4.94. The molecule has 0 saturated carbocycles. The van der Waals surface area contributed by atoms with E-state index in [1.54, 1.807) is 7.11 Å². The van der Waals surface area contributed by atoms with Crippen molar-refractivity contribution in [2.24, 2.45) is 10.9 Å². The molecular formula is C26H46IN5O. The van der Waals surface area contributed by atoms with Crippen LogP contribution >= 0.6 is 24.0 Å². The fraction of sp³-hybridized carbons (Fsp3) is 0.731. The Morgan fingerprint density at radius 1 is 0.970 bits per heavy atom. The summed E-state index contributed by atoms with van der Waals surface area (Å²) in [5.41, 5.74) is 1.50. The molecule has 33 heavy (non-hydrogen) atoms. The number of rotatable bonds is 11. The van der Waals surface area contributed by atoms with Crippen LogP contribution in [0.15, 0.2) is 35.3 Å². The molecule has 0 amide bonds. The highest BCUT2D eigenvalue weighted by Gasteiger charge is 2.20. The van der Waals surface area contributed by atoms with Gasteiger partial charge in [-0.1, -0.05) is 30.3 Å². The first-order valence-electron chi connectivity index (χ1n) is 12.7. The fourth-order valence-electron chi connectivity index (χ4n) is 4.94. The van der Waals surface area contributed by atoms with Crippen molar-refractivity contribution >= 4 is 29.9 Å². The van der Waals surface area contributed by atoms with Gasteiger partial charge < -0.3 is 25.2 Å². The lowest BCUT2D eigenvalue weighted by molar-refractivity contribution is 0.128. The topological polar surface area (TPSA) is 52.1 Å². The molecule has 6 nitrogen and oxygen atoms in total. The van der Waals surface area contributed by atoms with Crippen LogP contribution in [0, 0.1) is 5.92 Å². The molecule has 7 heteroatoms. The number of benzene rings is 1. The van der Waals surface area contributed by atoms with Gasteiger partial charge in [-0.25, -0.2) is 0 Å². The van der Waals surface area contributed by atoms with Gasteiger partial charge in [-0.2, -0.15) is 0 Å². The first-order valence-corrected chi connectivity index (χ1v) is 12.7. The number of methoxy groups -OCH3 is 1. The molecule has 0 aliphatic carbocycles. The summed E-state index contributed by atoms with van der Waals surface area (Å²) >= 11 is 0. The van der Waals surface area contributed by atoms with Gasteiger partial charge >= 0.3 is 0 Å². The van der Waals surface area contributed by atoms with E-state index >= 15 is 0 Å². The molecule has 3 rings (SSSR count). The molecule has 0 unspecified atom stereocenters. The third-order valence-corrected chi connectivity index (χ3v) is 7.03. The number of guanidine groups is 1. The van der Waals surface area contributed by atoms with Crippen LogP contribution in [0.5, 0.6) is 0 Å². The Labute approximate surface area is 218 Å². The zero-order valence-electron chi connectivity index (χ0n) is 20.8. The molecule has 2 fully saturated rings. The van der Waals surface area contributed by atoms with E-state index in [9.17, 15) is 0 Å². The first kappa shape index (κ1) is 28.3. The lowest BCUT2D eigenvalue weighted by Crippen LogP contribution is -2.49. The molecule has 0 radical (unpaired) electrons. The summed E-state index contributed by atoms with van der Waals surface area (Å²) in [5.74, 6) is 1.82. The number of nitrogens with one attached hydrogen (secondary N) is 2. The van der Waals surface area contributed by atoms with Gasteiger partial charge in [0.25, 0.3) is 0 Å². The molecule has 0 bridgehead atoms. The molecule has 1 aromatic carbocycles. The van der Waals surface area contributed by atoms with E-state index in [2.05, 4.69) is 55.8 Å². The summed E-state index contributed by atoms with van der Waals surface area (Å²) < 4.78 is 5.19. The van der Waals surface area contributed by atoms with Crippen molar-refractivity contribution in [3.8, 4) is 0 Å². The number of hydrogen-bond acceptors (Lipinski definition) is 4. The Balaban J connectivity index is 0.00000385. The van der Waals surface area contributed by atoms with Gasteiger partial charge in [-0.15, -0.1) is 24.0 Å². The second kappa shape index (κ2) is 16.7. The Morgan fingerprint density at radius 2 is 1.64 bits per heavy atom. The Kier molecular flexibility index (Phi) is 14.3. The lowest BCUT2D eigenvalue weighted by atomic mass is 9.90. The number of unbranched alkanes of at least 4 members (excludes halogenated alkanes) is 1.